The average molecular weight is 400 g/mol. The Labute approximate surface area is 173 Å². The summed E-state index contributed by atoms with van der Waals surface area (Å²) in [5, 5.41) is 17.0. The lowest BCUT2D eigenvalue weighted by atomic mass is 10.1. The fraction of sp³-hybridized carbons (Fsp3) is 0.455. The van der Waals surface area contributed by atoms with Gasteiger partial charge in [0.1, 0.15) is 11.6 Å². The molecule has 0 amide bonds. The zero-order chi connectivity index (χ0) is 21.2. The van der Waals surface area contributed by atoms with E-state index in [1.165, 1.54) is 0 Å². The highest BCUT2D eigenvalue weighted by Gasteiger charge is 2.10. The lowest BCUT2D eigenvalue weighted by Crippen LogP contribution is -2.39. The number of pyridine rings is 1. The number of nitrogens with zero attached hydrogens (tertiary/aromatic N) is 3. The number of guanidine groups is 1. The number of aliphatic hydroxyl groups excluding tert-OH is 1. The smallest absolute Gasteiger partial charge is 0.191 e. The zero-order valence-electron chi connectivity index (χ0n) is 18.0. The van der Waals surface area contributed by atoms with Crippen molar-refractivity contribution in [2.24, 2.45) is 4.99 Å². The molecule has 0 fully saturated rings. The Balaban J connectivity index is 1.99. The third-order valence-corrected chi connectivity index (χ3v) is 4.11. The van der Waals surface area contributed by atoms with E-state index in [1.807, 2.05) is 76.2 Å². The molecule has 1 aromatic carbocycles. The Morgan fingerprint density at radius 1 is 1.21 bits per heavy atom. The van der Waals surface area contributed by atoms with Crippen LogP contribution in [0.15, 0.2) is 47.6 Å². The van der Waals surface area contributed by atoms with E-state index in [-0.39, 0.29) is 6.10 Å². The summed E-state index contributed by atoms with van der Waals surface area (Å²) < 4.78 is 5.71. The van der Waals surface area contributed by atoms with Gasteiger partial charge in [0.2, 0.25) is 0 Å². The van der Waals surface area contributed by atoms with Gasteiger partial charge in [-0.25, -0.2) is 9.98 Å². The average Bonchev–Trinajstić information content (AvgIpc) is 2.69. The SMILES string of the molecule is CCNC(=NCc1ccnc(N(C)C)c1)NCC(O)c1cccc(OC(C)C)c1. The summed E-state index contributed by atoms with van der Waals surface area (Å²) in [6.07, 6.45) is 1.21. The number of nitrogens with one attached hydrogen (secondary N) is 2. The van der Waals surface area contributed by atoms with Gasteiger partial charge in [0.25, 0.3) is 0 Å². The van der Waals surface area contributed by atoms with Crippen molar-refractivity contribution in [3.8, 4) is 5.75 Å². The minimum absolute atomic E-state index is 0.0919. The van der Waals surface area contributed by atoms with Gasteiger partial charge in [-0.1, -0.05) is 12.1 Å². The molecule has 7 nitrogen and oxygen atoms in total. The number of aromatic nitrogens is 1. The van der Waals surface area contributed by atoms with Gasteiger partial charge in [-0.2, -0.15) is 0 Å². The van der Waals surface area contributed by atoms with Crippen molar-refractivity contribution >= 4 is 11.8 Å². The minimum Gasteiger partial charge on any atom is -0.491 e. The number of aliphatic hydroxyl groups is 1. The molecule has 158 valence electrons. The summed E-state index contributed by atoms with van der Waals surface area (Å²) in [4.78, 5) is 10.9. The molecule has 0 aliphatic rings. The Hall–Kier alpha value is -2.80. The number of ether oxygens (including phenoxy) is 1. The maximum atomic E-state index is 10.6. The third kappa shape index (κ3) is 7.62. The summed E-state index contributed by atoms with van der Waals surface area (Å²) in [5.41, 5.74) is 1.87. The highest BCUT2D eigenvalue weighted by atomic mass is 16.5. The van der Waals surface area contributed by atoms with E-state index in [0.717, 1.165) is 29.2 Å². The van der Waals surface area contributed by atoms with Crippen LogP contribution in [0, 0.1) is 0 Å². The number of hydrogen-bond acceptors (Lipinski definition) is 5. The van der Waals surface area contributed by atoms with Crippen LogP contribution in [0.4, 0.5) is 5.82 Å². The maximum Gasteiger partial charge on any atom is 0.191 e. The van der Waals surface area contributed by atoms with Crippen LogP contribution in [0.5, 0.6) is 5.75 Å². The quantitative estimate of drug-likeness (QED) is 0.444. The first-order valence-electron chi connectivity index (χ1n) is 9.98. The minimum atomic E-state index is -0.671. The van der Waals surface area contributed by atoms with Crippen molar-refractivity contribution in [2.75, 3.05) is 32.1 Å². The van der Waals surface area contributed by atoms with Crippen molar-refractivity contribution in [3.05, 3.63) is 53.7 Å². The first kappa shape index (κ1) is 22.5. The first-order valence-corrected chi connectivity index (χ1v) is 9.98. The largest absolute Gasteiger partial charge is 0.491 e. The molecule has 2 aromatic rings. The summed E-state index contributed by atoms with van der Waals surface area (Å²) in [6, 6.07) is 11.5. The van der Waals surface area contributed by atoms with Crippen LogP contribution in [0.3, 0.4) is 0 Å². The van der Waals surface area contributed by atoms with E-state index in [4.69, 9.17) is 4.74 Å². The highest BCUT2D eigenvalue weighted by molar-refractivity contribution is 5.79. The van der Waals surface area contributed by atoms with E-state index >= 15 is 0 Å². The maximum absolute atomic E-state index is 10.6. The third-order valence-electron chi connectivity index (χ3n) is 4.11. The van der Waals surface area contributed by atoms with Gasteiger partial charge in [-0.3, -0.25) is 0 Å². The second-order valence-corrected chi connectivity index (χ2v) is 7.25. The Bertz CT molecular complexity index is 792. The standard InChI is InChI=1S/C22H33N5O2/c1-6-23-22(25-14-17-10-11-24-21(12-17)27(4)5)26-15-20(28)18-8-7-9-19(13-18)29-16(2)3/h7-13,16,20,28H,6,14-15H2,1-5H3,(H2,23,25,26). The molecular formula is C22H33N5O2. The van der Waals surface area contributed by atoms with Gasteiger partial charge in [-0.15, -0.1) is 0 Å². The van der Waals surface area contributed by atoms with Gasteiger partial charge >= 0.3 is 0 Å². The zero-order valence-corrected chi connectivity index (χ0v) is 18.0. The fourth-order valence-electron chi connectivity index (χ4n) is 2.69. The van der Waals surface area contributed by atoms with Gasteiger partial charge < -0.3 is 25.4 Å². The topological polar surface area (TPSA) is 82.0 Å². The molecule has 1 aromatic heterocycles. The van der Waals surface area contributed by atoms with Crippen LogP contribution in [0.1, 0.15) is 38.0 Å². The Morgan fingerprint density at radius 2 is 2.00 bits per heavy atom. The van der Waals surface area contributed by atoms with Crippen molar-refractivity contribution in [3.63, 3.8) is 0 Å². The molecule has 0 saturated heterocycles. The molecule has 0 aliphatic heterocycles. The van der Waals surface area contributed by atoms with Crippen molar-refractivity contribution < 1.29 is 9.84 Å². The summed E-state index contributed by atoms with van der Waals surface area (Å²) in [6.45, 7) is 7.57. The van der Waals surface area contributed by atoms with E-state index < -0.39 is 6.10 Å². The second-order valence-electron chi connectivity index (χ2n) is 7.25. The van der Waals surface area contributed by atoms with Gasteiger partial charge in [-0.05, 0) is 56.2 Å². The number of benzene rings is 1. The molecule has 1 atom stereocenters. The normalized spacial score (nSPS) is 12.6. The Morgan fingerprint density at radius 3 is 2.69 bits per heavy atom. The van der Waals surface area contributed by atoms with E-state index in [9.17, 15) is 5.11 Å². The molecule has 0 saturated carbocycles. The van der Waals surface area contributed by atoms with Crippen LogP contribution < -0.4 is 20.3 Å². The van der Waals surface area contributed by atoms with E-state index in [0.29, 0.717) is 19.0 Å². The number of rotatable bonds is 9. The van der Waals surface area contributed by atoms with E-state index in [2.05, 4.69) is 20.6 Å². The molecule has 1 unspecified atom stereocenters. The summed E-state index contributed by atoms with van der Waals surface area (Å²) in [7, 11) is 3.92. The molecule has 0 aliphatic carbocycles. The lowest BCUT2D eigenvalue weighted by molar-refractivity contribution is 0.179. The summed E-state index contributed by atoms with van der Waals surface area (Å²) in [5.74, 6) is 2.31. The molecule has 29 heavy (non-hydrogen) atoms. The van der Waals surface area contributed by atoms with Crippen LogP contribution in [-0.4, -0.2) is 49.3 Å². The first-order chi connectivity index (χ1) is 13.9. The highest BCUT2D eigenvalue weighted by Crippen LogP contribution is 2.20. The predicted octanol–water partition coefficient (Wildman–Crippen LogP) is 2.72. The molecule has 7 heteroatoms. The Kier molecular flexibility index (Phi) is 8.73. The second kappa shape index (κ2) is 11.3. The lowest BCUT2D eigenvalue weighted by Gasteiger charge is -2.17. The molecular weight excluding hydrogens is 366 g/mol. The van der Waals surface area contributed by atoms with Gasteiger partial charge in [0.15, 0.2) is 5.96 Å². The summed E-state index contributed by atoms with van der Waals surface area (Å²) >= 11 is 0. The van der Waals surface area contributed by atoms with Crippen molar-refractivity contribution in [2.45, 2.75) is 39.5 Å². The number of anilines is 1. The molecule has 0 spiro atoms. The molecule has 1 heterocycles. The van der Waals surface area contributed by atoms with Crippen LogP contribution in [-0.2, 0) is 6.54 Å². The van der Waals surface area contributed by atoms with E-state index in [1.54, 1.807) is 6.20 Å². The van der Waals surface area contributed by atoms with Gasteiger partial charge in [0.05, 0.1) is 18.8 Å². The van der Waals surface area contributed by atoms with Crippen LogP contribution in [0.2, 0.25) is 0 Å². The van der Waals surface area contributed by atoms with Crippen molar-refractivity contribution in [1.82, 2.24) is 15.6 Å². The van der Waals surface area contributed by atoms with Crippen molar-refractivity contribution in [1.29, 1.82) is 0 Å². The van der Waals surface area contributed by atoms with Gasteiger partial charge in [0, 0.05) is 33.4 Å². The molecule has 2 rings (SSSR count). The predicted molar refractivity (Wildman–Crippen MR) is 119 cm³/mol. The molecule has 3 N–H and O–H groups in total. The number of hydrogen-bond donors (Lipinski definition) is 3. The number of aliphatic imine (C=N–C) groups is 1. The molecule has 0 radical (unpaired) electrons. The van der Waals surface area contributed by atoms with Crippen LogP contribution >= 0.6 is 0 Å². The van der Waals surface area contributed by atoms with Crippen LogP contribution in [0.25, 0.3) is 0 Å². The fourth-order valence-corrected chi connectivity index (χ4v) is 2.69. The monoisotopic (exact) mass is 399 g/mol. The molecule has 0 bridgehead atoms.